The van der Waals surface area contributed by atoms with Gasteiger partial charge in [0.25, 0.3) is 5.91 Å². The van der Waals surface area contributed by atoms with E-state index in [-0.39, 0.29) is 17.2 Å². The van der Waals surface area contributed by atoms with Gasteiger partial charge in [0.15, 0.2) is 0 Å². The second kappa shape index (κ2) is 8.21. The van der Waals surface area contributed by atoms with Gasteiger partial charge in [-0.05, 0) is 96.8 Å². The molecule has 5 aliphatic rings. The van der Waals surface area contributed by atoms with Crippen LogP contribution in [0.3, 0.4) is 0 Å². The summed E-state index contributed by atoms with van der Waals surface area (Å²) in [6.07, 6.45) is 9.90. The fourth-order valence-corrected chi connectivity index (χ4v) is 9.23. The van der Waals surface area contributed by atoms with Gasteiger partial charge in [0, 0.05) is 30.8 Å². The normalized spacial score (nSPS) is 33.0. The van der Waals surface area contributed by atoms with Crippen LogP contribution in [0.4, 0.5) is 5.69 Å². The van der Waals surface area contributed by atoms with Gasteiger partial charge in [-0.2, -0.15) is 0 Å². The van der Waals surface area contributed by atoms with Crippen LogP contribution in [-0.2, 0) is 17.6 Å². The highest BCUT2D eigenvalue weighted by molar-refractivity contribution is 6.00. The second-order valence-electron chi connectivity index (χ2n) is 13.0. The monoisotopic (exact) mass is 470 g/mol. The molecule has 184 valence electrons. The Kier molecular flexibility index (Phi) is 5.36. The van der Waals surface area contributed by atoms with Crippen molar-refractivity contribution < 1.29 is 9.59 Å². The minimum atomic E-state index is 0.0835. The molecule has 2 amide bonds. The van der Waals surface area contributed by atoms with Crippen LogP contribution in [-0.4, -0.2) is 29.8 Å². The summed E-state index contributed by atoms with van der Waals surface area (Å²) in [5.74, 6) is 1.00. The van der Waals surface area contributed by atoms with E-state index in [0.29, 0.717) is 23.8 Å². The van der Waals surface area contributed by atoms with Gasteiger partial charge in [-0.15, -0.1) is 0 Å². The standard InChI is InChI=1S/C31H38N2O2/c1-29-15-23-16-30(2,19-29)21-31(17-23,20-29)18-27(34)32-26-10-6-9-25-24(26)12-14-33(28(25)35)13-11-22-7-4-3-5-8-22/h3-10,23H,11-21H2,1-2H3,(H,32,34). The van der Waals surface area contributed by atoms with E-state index in [1.807, 2.05) is 41.3 Å². The molecule has 4 nitrogen and oxygen atoms in total. The third kappa shape index (κ3) is 4.30. The number of anilines is 1. The lowest BCUT2D eigenvalue weighted by Gasteiger charge is -2.65. The number of nitrogens with one attached hydrogen (secondary N) is 1. The van der Waals surface area contributed by atoms with Crippen molar-refractivity contribution in [2.24, 2.45) is 22.2 Å². The molecule has 0 aromatic heterocycles. The highest BCUT2D eigenvalue weighted by atomic mass is 16.2. The molecular formula is C31H38N2O2. The van der Waals surface area contributed by atoms with Crippen LogP contribution >= 0.6 is 0 Å². The molecule has 0 spiro atoms. The summed E-state index contributed by atoms with van der Waals surface area (Å²) in [5, 5.41) is 3.25. The van der Waals surface area contributed by atoms with Gasteiger partial charge >= 0.3 is 0 Å². The summed E-state index contributed by atoms with van der Waals surface area (Å²) in [4.78, 5) is 28.6. The van der Waals surface area contributed by atoms with E-state index in [4.69, 9.17) is 0 Å². The number of hydrogen-bond acceptors (Lipinski definition) is 2. The third-order valence-electron chi connectivity index (χ3n) is 9.39. The smallest absolute Gasteiger partial charge is 0.254 e. The summed E-state index contributed by atoms with van der Waals surface area (Å²) in [6, 6.07) is 16.1. The number of fused-ring (bicyclic) bond motifs is 1. The Labute approximate surface area is 209 Å². The van der Waals surface area contributed by atoms with E-state index < -0.39 is 0 Å². The minimum absolute atomic E-state index is 0.0835. The van der Waals surface area contributed by atoms with E-state index in [1.165, 1.54) is 44.1 Å². The minimum Gasteiger partial charge on any atom is -0.338 e. The van der Waals surface area contributed by atoms with Crippen LogP contribution in [0.15, 0.2) is 48.5 Å². The molecule has 4 bridgehead atoms. The Bertz CT molecular complexity index is 1140. The quantitative estimate of drug-likeness (QED) is 0.542. The Hall–Kier alpha value is -2.62. The molecular weight excluding hydrogens is 432 g/mol. The van der Waals surface area contributed by atoms with Crippen LogP contribution in [0.1, 0.15) is 80.3 Å². The van der Waals surface area contributed by atoms with E-state index in [2.05, 4.69) is 31.3 Å². The van der Waals surface area contributed by atoms with Gasteiger partial charge in [0.1, 0.15) is 0 Å². The first-order valence-corrected chi connectivity index (χ1v) is 13.5. The lowest BCUT2D eigenvalue weighted by atomic mass is 9.40. The second-order valence-corrected chi connectivity index (χ2v) is 13.0. The Morgan fingerprint density at radius 1 is 0.971 bits per heavy atom. The number of rotatable bonds is 6. The molecule has 4 saturated carbocycles. The van der Waals surface area contributed by atoms with Crippen molar-refractivity contribution in [3.63, 3.8) is 0 Å². The Morgan fingerprint density at radius 2 is 1.71 bits per heavy atom. The van der Waals surface area contributed by atoms with Gasteiger partial charge < -0.3 is 10.2 Å². The van der Waals surface area contributed by atoms with Crippen molar-refractivity contribution in [2.75, 3.05) is 18.4 Å². The molecule has 4 aliphatic carbocycles. The van der Waals surface area contributed by atoms with Gasteiger partial charge in [-0.1, -0.05) is 50.2 Å². The summed E-state index contributed by atoms with van der Waals surface area (Å²) in [6.45, 7) is 6.35. The molecule has 1 heterocycles. The van der Waals surface area contributed by atoms with Crippen molar-refractivity contribution in [2.45, 2.75) is 71.6 Å². The molecule has 7 rings (SSSR count). The van der Waals surface area contributed by atoms with Crippen LogP contribution in [0.5, 0.6) is 0 Å². The van der Waals surface area contributed by atoms with Crippen LogP contribution in [0.2, 0.25) is 0 Å². The summed E-state index contributed by atoms with van der Waals surface area (Å²) >= 11 is 0. The largest absolute Gasteiger partial charge is 0.338 e. The first-order valence-electron chi connectivity index (χ1n) is 13.5. The van der Waals surface area contributed by atoms with Crippen molar-refractivity contribution in [1.82, 2.24) is 4.90 Å². The lowest BCUT2D eigenvalue weighted by molar-refractivity contribution is -0.153. The van der Waals surface area contributed by atoms with Crippen LogP contribution < -0.4 is 5.32 Å². The predicted molar refractivity (Wildman–Crippen MR) is 139 cm³/mol. The fourth-order valence-electron chi connectivity index (χ4n) is 9.23. The SMILES string of the molecule is CC12CC3CC(C)(C1)CC(CC(=O)Nc1cccc4c1CCN(CCc1ccccc1)C4=O)(C3)C2. The molecule has 2 aromatic carbocycles. The Morgan fingerprint density at radius 3 is 2.43 bits per heavy atom. The summed E-state index contributed by atoms with van der Waals surface area (Å²) in [5.41, 5.74) is 4.83. The zero-order chi connectivity index (χ0) is 24.3. The van der Waals surface area contributed by atoms with E-state index in [1.54, 1.807) is 0 Å². The van der Waals surface area contributed by atoms with Crippen molar-refractivity contribution in [3.8, 4) is 0 Å². The molecule has 4 fully saturated rings. The molecule has 1 N–H and O–H groups in total. The first kappa shape index (κ1) is 22.8. The predicted octanol–water partition coefficient (Wildman–Crippen LogP) is 6.25. The number of carbonyl (C=O) groups is 2. The molecule has 2 atom stereocenters. The maximum absolute atomic E-state index is 13.4. The summed E-state index contributed by atoms with van der Waals surface area (Å²) in [7, 11) is 0. The van der Waals surface area contributed by atoms with E-state index >= 15 is 0 Å². The Balaban J connectivity index is 1.14. The van der Waals surface area contributed by atoms with Gasteiger partial charge in [0.2, 0.25) is 5.91 Å². The molecule has 35 heavy (non-hydrogen) atoms. The summed E-state index contributed by atoms with van der Waals surface area (Å²) < 4.78 is 0. The highest BCUT2D eigenvalue weighted by Gasteiger charge is 2.60. The lowest BCUT2D eigenvalue weighted by Crippen LogP contribution is -2.55. The molecule has 1 aliphatic heterocycles. The van der Waals surface area contributed by atoms with Crippen molar-refractivity contribution in [1.29, 1.82) is 0 Å². The maximum atomic E-state index is 13.4. The van der Waals surface area contributed by atoms with Crippen molar-refractivity contribution >= 4 is 17.5 Å². The highest BCUT2D eigenvalue weighted by Crippen LogP contribution is 2.70. The van der Waals surface area contributed by atoms with Gasteiger partial charge in [-0.25, -0.2) is 0 Å². The van der Waals surface area contributed by atoms with Gasteiger partial charge in [-0.3, -0.25) is 9.59 Å². The fraction of sp³-hybridized carbons (Fsp3) is 0.548. The van der Waals surface area contributed by atoms with Gasteiger partial charge in [0.05, 0.1) is 0 Å². The number of nitrogens with zero attached hydrogens (tertiary/aromatic N) is 1. The molecule has 2 aromatic rings. The van der Waals surface area contributed by atoms with Crippen molar-refractivity contribution in [3.05, 3.63) is 65.2 Å². The number of amides is 2. The molecule has 4 heteroatoms. The molecule has 2 unspecified atom stereocenters. The maximum Gasteiger partial charge on any atom is 0.254 e. The average Bonchev–Trinajstić information content (AvgIpc) is 2.77. The topological polar surface area (TPSA) is 49.4 Å². The molecule has 0 radical (unpaired) electrons. The third-order valence-corrected chi connectivity index (χ3v) is 9.39. The average molecular weight is 471 g/mol. The van der Waals surface area contributed by atoms with Crippen LogP contribution in [0, 0.1) is 22.2 Å². The number of benzene rings is 2. The van der Waals surface area contributed by atoms with Crippen LogP contribution in [0.25, 0.3) is 0 Å². The zero-order valence-electron chi connectivity index (χ0n) is 21.2. The zero-order valence-corrected chi connectivity index (χ0v) is 21.2. The number of carbonyl (C=O) groups excluding carboxylic acids is 2. The van der Waals surface area contributed by atoms with E-state index in [0.717, 1.165) is 42.1 Å². The van der Waals surface area contributed by atoms with E-state index in [9.17, 15) is 9.59 Å². The molecule has 0 saturated heterocycles. The number of hydrogen-bond donors (Lipinski definition) is 1. The first-order chi connectivity index (χ1) is 16.7.